The van der Waals surface area contributed by atoms with Crippen molar-refractivity contribution in [1.82, 2.24) is 14.1 Å². The summed E-state index contributed by atoms with van der Waals surface area (Å²) in [5, 5.41) is 4.04. The average molecular weight is 371 g/mol. The van der Waals surface area contributed by atoms with Gasteiger partial charge in [0.25, 0.3) is 0 Å². The van der Waals surface area contributed by atoms with Crippen LogP contribution >= 0.6 is 11.6 Å². The second-order valence-electron chi connectivity index (χ2n) is 6.99. The van der Waals surface area contributed by atoms with Gasteiger partial charge in [0.15, 0.2) is 5.43 Å². The number of anilines is 1. The van der Waals surface area contributed by atoms with Crippen molar-refractivity contribution >= 4 is 17.4 Å². The fraction of sp³-hybridized carbons (Fsp3) is 0.316. The number of aromatic nitrogens is 3. The van der Waals surface area contributed by atoms with Crippen molar-refractivity contribution in [2.24, 2.45) is 5.92 Å². The number of nitrogens with one attached hydrogen (secondary N) is 1. The van der Waals surface area contributed by atoms with Crippen LogP contribution in [0.1, 0.15) is 19.4 Å². The van der Waals surface area contributed by atoms with Crippen LogP contribution in [0.3, 0.4) is 0 Å². The molecule has 26 heavy (non-hydrogen) atoms. The van der Waals surface area contributed by atoms with Crippen LogP contribution in [0.25, 0.3) is 11.4 Å². The highest BCUT2D eigenvalue weighted by Gasteiger charge is 2.30. The molecule has 3 aliphatic heterocycles. The molecular formula is C19H19ClN4O2. The third kappa shape index (κ3) is 2.80. The van der Waals surface area contributed by atoms with E-state index in [9.17, 15) is 9.59 Å². The molecule has 134 valence electrons. The number of nitrogens with zero attached hydrogens (tertiary/aromatic N) is 3. The number of benzene rings is 1. The summed E-state index contributed by atoms with van der Waals surface area (Å²) in [6.07, 6.45) is 1.30. The van der Waals surface area contributed by atoms with E-state index >= 15 is 0 Å². The van der Waals surface area contributed by atoms with E-state index in [-0.39, 0.29) is 17.2 Å². The van der Waals surface area contributed by atoms with Crippen LogP contribution in [0, 0.1) is 5.92 Å². The van der Waals surface area contributed by atoms with Crippen molar-refractivity contribution in [2.75, 3.05) is 5.32 Å². The Morgan fingerprint density at radius 2 is 2.00 bits per heavy atom. The summed E-state index contributed by atoms with van der Waals surface area (Å²) in [5.74, 6) is 1.06. The monoisotopic (exact) mass is 370 g/mol. The molecule has 0 aliphatic carbocycles. The maximum absolute atomic E-state index is 13.2. The molecule has 1 N–H and O–H groups in total. The van der Waals surface area contributed by atoms with E-state index < -0.39 is 0 Å². The van der Waals surface area contributed by atoms with Gasteiger partial charge in [-0.1, -0.05) is 37.6 Å². The molecule has 7 heteroatoms. The lowest BCUT2D eigenvalue weighted by Gasteiger charge is -2.18. The zero-order chi connectivity index (χ0) is 18.4. The van der Waals surface area contributed by atoms with Gasteiger partial charge in [0.2, 0.25) is 0 Å². The molecule has 3 heterocycles. The van der Waals surface area contributed by atoms with Gasteiger partial charge in [0, 0.05) is 23.7 Å². The first-order valence-electron chi connectivity index (χ1n) is 8.58. The van der Waals surface area contributed by atoms with Gasteiger partial charge in [-0.2, -0.15) is 0 Å². The van der Waals surface area contributed by atoms with E-state index in [1.807, 2.05) is 12.1 Å². The Morgan fingerprint density at radius 3 is 2.69 bits per heavy atom. The quantitative estimate of drug-likeness (QED) is 0.769. The Balaban J connectivity index is 1.90. The Labute approximate surface area is 155 Å². The molecule has 4 rings (SSSR count). The maximum Gasteiger partial charge on any atom is 0.330 e. The number of hydrogen-bond donors (Lipinski definition) is 1. The van der Waals surface area contributed by atoms with Crippen molar-refractivity contribution in [3.8, 4) is 11.4 Å². The lowest BCUT2D eigenvalue weighted by Crippen LogP contribution is -2.33. The van der Waals surface area contributed by atoms with Gasteiger partial charge < -0.3 is 5.32 Å². The fourth-order valence-electron chi connectivity index (χ4n) is 3.33. The van der Waals surface area contributed by atoms with E-state index in [1.165, 1.54) is 12.3 Å². The van der Waals surface area contributed by atoms with Crippen LogP contribution in [0.5, 0.6) is 0 Å². The normalized spacial score (nSPS) is 16.1. The van der Waals surface area contributed by atoms with Gasteiger partial charge in [-0.25, -0.2) is 9.78 Å². The molecule has 6 nitrogen and oxygen atoms in total. The minimum Gasteiger partial charge on any atom is -0.365 e. The molecular weight excluding hydrogens is 352 g/mol. The molecule has 0 bridgehead atoms. The van der Waals surface area contributed by atoms with Crippen LogP contribution in [-0.4, -0.2) is 20.2 Å². The number of pyridine rings is 1. The third-order valence-electron chi connectivity index (χ3n) is 4.85. The predicted molar refractivity (Wildman–Crippen MR) is 102 cm³/mol. The number of fused-ring (bicyclic) bond motifs is 3. The largest absolute Gasteiger partial charge is 0.365 e. The predicted octanol–water partition coefficient (Wildman–Crippen LogP) is 2.66. The van der Waals surface area contributed by atoms with E-state index in [4.69, 9.17) is 11.6 Å². The SMILES string of the molecule is CC(C)C1Cn2c(c3ncc(=O)cc-3n(Cc3ccc(Cl)cc3)c2=O)N1. The Hall–Kier alpha value is -2.60. The van der Waals surface area contributed by atoms with E-state index in [1.54, 1.807) is 21.3 Å². The summed E-state index contributed by atoms with van der Waals surface area (Å²) >= 11 is 5.95. The molecule has 1 aromatic rings. The highest BCUT2D eigenvalue weighted by Crippen LogP contribution is 2.31. The average Bonchev–Trinajstić information content (AvgIpc) is 3.06. The van der Waals surface area contributed by atoms with Gasteiger partial charge in [-0.15, -0.1) is 0 Å². The molecule has 1 unspecified atom stereocenters. The Kier molecular flexibility index (Phi) is 4.07. The lowest BCUT2D eigenvalue weighted by molar-refractivity contribution is 0.485. The summed E-state index contributed by atoms with van der Waals surface area (Å²) in [7, 11) is 0. The summed E-state index contributed by atoms with van der Waals surface area (Å²) in [4.78, 5) is 29.4. The second-order valence-corrected chi connectivity index (χ2v) is 7.42. The molecule has 0 spiro atoms. The fourth-order valence-corrected chi connectivity index (χ4v) is 3.46. The van der Waals surface area contributed by atoms with Crippen LogP contribution in [0.15, 0.2) is 46.1 Å². The standard InChI is InChI=1S/C19H19ClN4O2/c1-11(2)15-10-24-18(22-15)17-16(7-14(25)8-21-17)23(19(24)26)9-12-3-5-13(20)6-4-12/h3-8,11,15,22H,9-10H2,1-2H3. The minimum atomic E-state index is -0.217. The van der Waals surface area contributed by atoms with Crippen molar-refractivity contribution in [2.45, 2.75) is 33.0 Å². The van der Waals surface area contributed by atoms with Crippen LogP contribution in [-0.2, 0) is 13.1 Å². The van der Waals surface area contributed by atoms with Gasteiger partial charge >= 0.3 is 5.69 Å². The van der Waals surface area contributed by atoms with Gasteiger partial charge in [-0.3, -0.25) is 13.9 Å². The van der Waals surface area contributed by atoms with Crippen molar-refractivity contribution < 1.29 is 0 Å². The van der Waals surface area contributed by atoms with Crippen LogP contribution in [0.4, 0.5) is 5.82 Å². The zero-order valence-corrected chi connectivity index (χ0v) is 15.3. The minimum absolute atomic E-state index is 0.148. The van der Waals surface area contributed by atoms with Crippen LogP contribution < -0.4 is 16.4 Å². The summed E-state index contributed by atoms with van der Waals surface area (Å²) < 4.78 is 3.33. The van der Waals surface area contributed by atoms with Crippen molar-refractivity contribution in [3.63, 3.8) is 0 Å². The first-order valence-corrected chi connectivity index (χ1v) is 8.96. The third-order valence-corrected chi connectivity index (χ3v) is 5.10. The summed E-state index contributed by atoms with van der Waals surface area (Å²) in [6.45, 7) is 5.16. The van der Waals surface area contributed by atoms with Gasteiger partial charge in [-0.05, 0) is 23.6 Å². The second kappa shape index (κ2) is 6.29. The van der Waals surface area contributed by atoms with Crippen molar-refractivity contribution in [1.29, 1.82) is 0 Å². The lowest BCUT2D eigenvalue weighted by atomic mass is 10.1. The molecule has 0 saturated carbocycles. The molecule has 0 saturated heterocycles. The molecule has 0 aromatic heterocycles. The highest BCUT2D eigenvalue weighted by molar-refractivity contribution is 6.30. The molecule has 3 aliphatic rings. The van der Waals surface area contributed by atoms with E-state index in [0.717, 1.165) is 5.56 Å². The maximum atomic E-state index is 13.2. The van der Waals surface area contributed by atoms with Crippen LogP contribution in [0.2, 0.25) is 5.02 Å². The topological polar surface area (TPSA) is 68.9 Å². The number of halogens is 1. The Morgan fingerprint density at radius 1 is 1.27 bits per heavy atom. The number of rotatable bonds is 3. The first kappa shape index (κ1) is 16.8. The molecule has 1 atom stereocenters. The van der Waals surface area contributed by atoms with E-state index in [2.05, 4.69) is 24.1 Å². The molecule has 0 fully saturated rings. The van der Waals surface area contributed by atoms with Crippen molar-refractivity contribution in [3.05, 3.63) is 67.8 Å². The van der Waals surface area contributed by atoms with Gasteiger partial charge in [0.1, 0.15) is 11.5 Å². The summed E-state index contributed by atoms with van der Waals surface area (Å²) in [5.41, 5.74) is 1.75. The Bertz CT molecular complexity index is 1050. The first-order chi connectivity index (χ1) is 12.4. The number of hydrogen-bond acceptors (Lipinski definition) is 4. The zero-order valence-electron chi connectivity index (χ0n) is 14.6. The molecule has 0 radical (unpaired) electrons. The van der Waals surface area contributed by atoms with Gasteiger partial charge in [0.05, 0.1) is 18.4 Å². The summed E-state index contributed by atoms with van der Waals surface area (Å²) in [6, 6.07) is 8.97. The van der Waals surface area contributed by atoms with E-state index in [0.29, 0.717) is 41.2 Å². The smallest absolute Gasteiger partial charge is 0.330 e. The highest BCUT2D eigenvalue weighted by atomic mass is 35.5. The molecule has 1 aromatic carbocycles. The molecule has 0 amide bonds.